The lowest BCUT2D eigenvalue weighted by Gasteiger charge is -2.34. The van der Waals surface area contributed by atoms with Crippen molar-refractivity contribution in [2.24, 2.45) is 0 Å². The molecule has 0 aliphatic carbocycles. The number of aromatic nitrogens is 5. The van der Waals surface area contributed by atoms with Gasteiger partial charge in [-0.3, -0.25) is 0 Å². The van der Waals surface area contributed by atoms with Crippen molar-refractivity contribution in [3.63, 3.8) is 0 Å². The summed E-state index contributed by atoms with van der Waals surface area (Å²) in [6.45, 7) is 2.71. The van der Waals surface area contributed by atoms with Crippen LogP contribution in [0.5, 0.6) is 0 Å². The number of H-pyrrole nitrogens is 1. The summed E-state index contributed by atoms with van der Waals surface area (Å²) < 4.78 is 63.7. The van der Waals surface area contributed by atoms with E-state index in [9.17, 15) is 21.6 Å². The first-order chi connectivity index (χ1) is 14.1. The van der Waals surface area contributed by atoms with Gasteiger partial charge in [0.15, 0.2) is 17.0 Å². The van der Waals surface area contributed by atoms with Crippen molar-refractivity contribution in [1.29, 1.82) is 0 Å². The molecule has 4 rings (SSSR count). The van der Waals surface area contributed by atoms with E-state index in [4.69, 9.17) is 0 Å². The number of fused-ring (bicyclic) bond motifs is 3. The zero-order valence-corrected chi connectivity index (χ0v) is 16.9. The highest BCUT2D eigenvalue weighted by Crippen LogP contribution is 2.31. The van der Waals surface area contributed by atoms with E-state index in [1.807, 2.05) is 11.8 Å². The first-order valence-electron chi connectivity index (χ1n) is 9.47. The molecule has 1 atom stereocenters. The quantitative estimate of drug-likeness (QED) is 0.619. The Kier molecular flexibility index (Phi) is 5.26. The van der Waals surface area contributed by atoms with Gasteiger partial charge in [0, 0.05) is 37.1 Å². The van der Waals surface area contributed by atoms with E-state index in [0.717, 1.165) is 5.39 Å². The number of rotatable bonds is 5. The molecule has 0 radical (unpaired) electrons. The second-order valence-electron chi connectivity index (χ2n) is 7.24. The Bertz CT molecular complexity index is 1180. The minimum absolute atomic E-state index is 0.199. The Balaban J connectivity index is 1.69. The summed E-state index contributed by atoms with van der Waals surface area (Å²) in [7, 11) is -4.49. The van der Waals surface area contributed by atoms with Crippen molar-refractivity contribution < 1.29 is 21.6 Å². The van der Waals surface area contributed by atoms with Gasteiger partial charge < -0.3 is 9.88 Å². The van der Waals surface area contributed by atoms with Gasteiger partial charge in [-0.15, -0.1) is 10.2 Å². The summed E-state index contributed by atoms with van der Waals surface area (Å²) in [5.41, 5.74) is 0.986. The minimum Gasteiger partial charge on any atom is -0.354 e. The standard InChI is InChI=1S/C17H20F3N7O2S/c1-2-12-22-15-13(11-5-6-21-14(11)24-25-15)16(23-12)27-7-3-4-10(8-27)26-30(28,29)9-17(18,19)20/h5-6,10,26H,2-4,7-9H2,1H3,(H,22,23,25). The fraction of sp³-hybridized carbons (Fsp3) is 0.529. The number of sulfonamides is 1. The molecule has 1 fully saturated rings. The molecular weight excluding hydrogens is 423 g/mol. The van der Waals surface area contributed by atoms with Gasteiger partial charge in [0.25, 0.3) is 0 Å². The fourth-order valence-electron chi connectivity index (χ4n) is 3.71. The molecule has 30 heavy (non-hydrogen) atoms. The highest BCUT2D eigenvalue weighted by Gasteiger charge is 2.37. The maximum Gasteiger partial charge on any atom is 0.404 e. The smallest absolute Gasteiger partial charge is 0.354 e. The van der Waals surface area contributed by atoms with Crippen LogP contribution < -0.4 is 9.62 Å². The van der Waals surface area contributed by atoms with Crippen molar-refractivity contribution in [3.8, 4) is 0 Å². The number of nitrogens with zero attached hydrogens (tertiary/aromatic N) is 5. The SMILES string of the molecule is CCc1nc(N2CCCC(NS(=O)(=O)CC(F)(F)F)C2)c2c(nnc3nccc32)[nH]1. The first kappa shape index (κ1) is 20.7. The first-order valence-corrected chi connectivity index (χ1v) is 11.1. The van der Waals surface area contributed by atoms with E-state index < -0.39 is 28.0 Å². The number of aryl methyl sites for hydroxylation is 1. The van der Waals surface area contributed by atoms with Crippen molar-refractivity contribution in [3.05, 3.63) is 18.1 Å². The monoisotopic (exact) mass is 443 g/mol. The van der Waals surface area contributed by atoms with Gasteiger partial charge in [-0.2, -0.15) is 13.2 Å². The maximum atomic E-state index is 12.6. The summed E-state index contributed by atoms with van der Waals surface area (Å²) >= 11 is 0. The molecule has 1 saturated heterocycles. The molecule has 1 unspecified atom stereocenters. The van der Waals surface area contributed by atoms with E-state index in [1.165, 1.54) is 0 Å². The maximum absolute atomic E-state index is 12.6. The minimum atomic E-state index is -4.79. The molecule has 0 saturated carbocycles. The van der Waals surface area contributed by atoms with Crippen LogP contribution in [0, 0.1) is 0 Å². The molecule has 0 aromatic carbocycles. The molecule has 0 bridgehead atoms. The molecule has 2 N–H and O–H groups in total. The van der Waals surface area contributed by atoms with Gasteiger partial charge in [0.1, 0.15) is 11.6 Å². The van der Waals surface area contributed by atoms with Crippen LogP contribution in [0.25, 0.3) is 22.1 Å². The van der Waals surface area contributed by atoms with Gasteiger partial charge in [0.2, 0.25) is 10.0 Å². The summed E-state index contributed by atoms with van der Waals surface area (Å²) in [6, 6.07) is 1.14. The van der Waals surface area contributed by atoms with Crippen LogP contribution in [-0.4, -0.2) is 64.6 Å². The number of nitrogens with one attached hydrogen (secondary N) is 2. The van der Waals surface area contributed by atoms with E-state index in [0.29, 0.717) is 54.1 Å². The van der Waals surface area contributed by atoms with Crippen LogP contribution in [0.1, 0.15) is 25.6 Å². The van der Waals surface area contributed by atoms with E-state index >= 15 is 0 Å². The lowest BCUT2D eigenvalue weighted by Crippen LogP contribution is -2.49. The predicted octanol–water partition coefficient (Wildman–Crippen LogP) is 1.91. The molecule has 0 spiro atoms. The molecule has 162 valence electrons. The zero-order valence-electron chi connectivity index (χ0n) is 16.1. The molecular formula is C17H20F3N7O2S. The predicted molar refractivity (Wildman–Crippen MR) is 105 cm³/mol. The second-order valence-corrected chi connectivity index (χ2v) is 9.00. The zero-order chi connectivity index (χ0) is 21.5. The summed E-state index contributed by atoms with van der Waals surface area (Å²) in [5.74, 6) is -0.633. The Labute approximate surface area is 170 Å². The van der Waals surface area contributed by atoms with Crippen molar-refractivity contribution >= 4 is 37.9 Å². The Morgan fingerprint density at radius 1 is 1.33 bits per heavy atom. The van der Waals surface area contributed by atoms with E-state index in [2.05, 4.69) is 29.9 Å². The van der Waals surface area contributed by atoms with Gasteiger partial charge in [-0.05, 0) is 18.9 Å². The van der Waals surface area contributed by atoms with Crippen molar-refractivity contribution in [2.45, 2.75) is 38.4 Å². The van der Waals surface area contributed by atoms with Gasteiger partial charge >= 0.3 is 6.18 Å². The van der Waals surface area contributed by atoms with Crippen LogP contribution in [0.3, 0.4) is 0 Å². The topological polar surface area (TPSA) is 117 Å². The number of alkyl halides is 3. The van der Waals surface area contributed by atoms with Crippen molar-refractivity contribution in [1.82, 2.24) is 29.9 Å². The highest BCUT2D eigenvalue weighted by molar-refractivity contribution is 7.89. The number of hydrogen-bond acceptors (Lipinski definition) is 7. The highest BCUT2D eigenvalue weighted by atomic mass is 32.2. The molecule has 13 heteroatoms. The van der Waals surface area contributed by atoms with Crippen LogP contribution in [0.15, 0.2) is 12.3 Å². The van der Waals surface area contributed by atoms with Crippen LogP contribution in [-0.2, 0) is 16.4 Å². The molecule has 0 amide bonds. The third-order valence-corrected chi connectivity index (χ3v) is 6.31. The molecule has 3 aromatic heterocycles. The summed E-state index contributed by atoms with van der Waals surface area (Å²) in [4.78, 5) is 13.9. The van der Waals surface area contributed by atoms with Crippen LogP contribution >= 0.6 is 0 Å². The fourth-order valence-corrected chi connectivity index (χ4v) is 4.93. The Morgan fingerprint density at radius 3 is 2.87 bits per heavy atom. The summed E-state index contributed by atoms with van der Waals surface area (Å²) in [5, 5.41) is 9.74. The number of piperidine rings is 1. The van der Waals surface area contributed by atoms with Crippen LogP contribution in [0.4, 0.5) is 19.0 Å². The van der Waals surface area contributed by atoms with Gasteiger partial charge in [-0.1, -0.05) is 6.92 Å². The molecule has 1 aliphatic heterocycles. The Hall–Kier alpha value is -2.54. The number of hydrogen-bond donors (Lipinski definition) is 2. The number of halogens is 3. The lowest BCUT2D eigenvalue weighted by atomic mass is 10.1. The average Bonchev–Trinajstić information content (AvgIpc) is 3.13. The van der Waals surface area contributed by atoms with Gasteiger partial charge in [-0.25, -0.2) is 23.1 Å². The average molecular weight is 443 g/mol. The third-order valence-electron chi connectivity index (χ3n) is 4.91. The molecule has 4 heterocycles. The normalized spacial score (nSPS) is 18.4. The number of aromatic amines is 1. The largest absolute Gasteiger partial charge is 0.404 e. The van der Waals surface area contributed by atoms with Gasteiger partial charge in [0.05, 0.1) is 5.39 Å². The van der Waals surface area contributed by atoms with Crippen LogP contribution in [0.2, 0.25) is 0 Å². The van der Waals surface area contributed by atoms with E-state index in [-0.39, 0.29) is 6.54 Å². The molecule has 3 aromatic rings. The molecule has 1 aliphatic rings. The summed E-state index contributed by atoms with van der Waals surface area (Å²) in [6.07, 6.45) is -1.53. The van der Waals surface area contributed by atoms with Crippen molar-refractivity contribution in [2.75, 3.05) is 23.7 Å². The third kappa shape index (κ3) is 4.31. The van der Waals surface area contributed by atoms with E-state index in [1.54, 1.807) is 12.3 Å². The Morgan fingerprint density at radius 2 is 2.13 bits per heavy atom. The molecule has 9 nitrogen and oxygen atoms in total. The lowest BCUT2D eigenvalue weighted by molar-refractivity contribution is -0.106. The second kappa shape index (κ2) is 7.61. The number of anilines is 1.